The van der Waals surface area contributed by atoms with Crippen LogP contribution < -0.4 is 15.1 Å². The lowest BCUT2D eigenvalue weighted by Gasteiger charge is -2.38. The number of halogens is 1. The first kappa shape index (κ1) is 19.6. The molecule has 0 fully saturated rings. The number of carbonyl (C=O) groups is 2. The number of anilines is 4. The summed E-state index contributed by atoms with van der Waals surface area (Å²) in [6.07, 6.45) is 12.2. The lowest BCUT2D eigenvalue weighted by Crippen LogP contribution is -2.52. The molecule has 0 saturated carbocycles. The predicted octanol–water partition coefficient (Wildman–Crippen LogP) is 1.87. The minimum Gasteiger partial charge on any atom is -0.478 e. The van der Waals surface area contributed by atoms with Crippen LogP contribution in [0.3, 0.4) is 0 Å². The second kappa shape index (κ2) is 7.87. The van der Waals surface area contributed by atoms with Gasteiger partial charge in [-0.3, -0.25) is 9.69 Å². The van der Waals surface area contributed by atoms with Gasteiger partial charge < -0.3 is 15.3 Å². The Hall–Kier alpha value is -4.11. The van der Waals surface area contributed by atoms with Crippen LogP contribution in [0.25, 0.3) is 0 Å². The summed E-state index contributed by atoms with van der Waals surface area (Å²) in [4.78, 5) is 35.2. The molecule has 0 bridgehead atoms. The molecule has 0 saturated heterocycles. The van der Waals surface area contributed by atoms with Gasteiger partial charge in [-0.05, 0) is 25.1 Å². The third kappa shape index (κ3) is 3.66. The largest absolute Gasteiger partial charge is 0.478 e. The van der Waals surface area contributed by atoms with Crippen LogP contribution in [-0.2, 0) is 4.79 Å². The quantitative estimate of drug-likeness (QED) is 0.748. The number of benzene rings is 1. The summed E-state index contributed by atoms with van der Waals surface area (Å²) in [5.41, 5.74) is 0.231. The van der Waals surface area contributed by atoms with Gasteiger partial charge in [-0.25, -0.2) is 14.2 Å². The molecule has 1 atom stereocenters. The number of amides is 1. The second-order valence-corrected chi connectivity index (χ2v) is 6.16. The fraction of sp³-hybridized carbons (Fsp3) is 0.200. The minimum absolute atomic E-state index is 0.0536. The molecule has 0 unspecified atom stereocenters. The fourth-order valence-electron chi connectivity index (χ4n) is 2.95. The number of hydrogen-bond donors (Lipinski definition) is 2. The number of carboxylic acid groups (broad SMARTS) is 1. The molecule has 0 spiro atoms. The number of hydrogen-bond acceptors (Lipinski definition) is 6. The summed E-state index contributed by atoms with van der Waals surface area (Å²) in [5, 5.41) is 11.7. The van der Waals surface area contributed by atoms with Gasteiger partial charge >= 0.3 is 5.97 Å². The average Bonchev–Trinajstić information content (AvgIpc) is 2.68. The van der Waals surface area contributed by atoms with Crippen LogP contribution in [0.15, 0.2) is 24.4 Å². The van der Waals surface area contributed by atoms with Gasteiger partial charge in [-0.2, -0.15) is 4.98 Å². The van der Waals surface area contributed by atoms with Crippen molar-refractivity contribution >= 4 is 35.0 Å². The van der Waals surface area contributed by atoms with Gasteiger partial charge in [0.05, 0.1) is 24.8 Å². The Morgan fingerprint density at radius 2 is 2.07 bits per heavy atom. The number of rotatable bonds is 5. The summed E-state index contributed by atoms with van der Waals surface area (Å²) in [6.45, 7) is 1.89. The monoisotopic (exact) mass is 393 g/mol. The van der Waals surface area contributed by atoms with Crippen LogP contribution in [0.2, 0.25) is 0 Å². The molecule has 2 aromatic rings. The first-order valence-corrected chi connectivity index (χ1v) is 8.49. The SMILES string of the molecule is C#CCN1C(=O)[C@@H](C)N(CC#C)c2nc(Nc3ccc(C(=O)O)c(F)c3)ncc21. The number of carbonyl (C=O) groups excluding carboxylic acids is 1. The van der Waals surface area contributed by atoms with Gasteiger partial charge in [0.25, 0.3) is 0 Å². The standard InChI is InChI=1S/C20H16FN5O3/c1-4-8-25-12(3)18(27)26(9-5-2)16-11-22-20(24-17(16)25)23-13-6-7-14(19(28)29)15(21)10-13/h1-2,6-7,10-12H,8-9H2,3H3,(H,28,29)(H,22,23,24)/t12-/m1/s1. The Balaban J connectivity index is 1.99. The number of terminal acetylenes is 2. The predicted molar refractivity (Wildman–Crippen MR) is 106 cm³/mol. The summed E-state index contributed by atoms with van der Waals surface area (Å²) < 4.78 is 13.9. The fourth-order valence-corrected chi connectivity index (χ4v) is 2.95. The molecule has 1 aromatic carbocycles. The highest BCUT2D eigenvalue weighted by Gasteiger charge is 2.36. The highest BCUT2D eigenvalue weighted by atomic mass is 19.1. The van der Waals surface area contributed by atoms with Gasteiger partial charge in [0, 0.05) is 5.69 Å². The zero-order valence-electron chi connectivity index (χ0n) is 15.4. The number of fused-ring (bicyclic) bond motifs is 1. The van der Waals surface area contributed by atoms with E-state index < -0.39 is 23.4 Å². The lowest BCUT2D eigenvalue weighted by molar-refractivity contribution is -0.119. The highest BCUT2D eigenvalue weighted by molar-refractivity contribution is 6.05. The van der Waals surface area contributed by atoms with Crippen LogP contribution in [0.5, 0.6) is 0 Å². The second-order valence-electron chi connectivity index (χ2n) is 6.16. The number of aromatic carboxylic acids is 1. The Bertz CT molecular complexity index is 1070. The van der Waals surface area contributed by atoms with E-state index >= 15 is 0 Å². The van der Waals surface area contributed by atoms with Crippen LogP contribution >= 0.6 is 0 Å². The smallest absolute Gasteiger partial charge is 0.338 e. The van der Waals surface area contributed by atoms with Crippen LogP contribution in [0, 0.1) is 30.5 Å². The van der Waals surface area contributed by atoms with E-state index in [4.69, 9.17) is 18.0 Å². The van der Waals surface area contributed by atoms with Crippen molar-refractivity contribution in [3.63, 3.8) is 0 Å². The molecule has 1 aliphatic heterocycles. The average molecular weight is 393 g/mol. The first-order chi connectivity index (χ1) is 13.9. The maximum Gasteiger partial charge on any atom is 0.338 e. The van der Waals surface area contributed by atoms with Crippen molar-refractivity contribution in [3.8, 4) is 24.7 Å². The molecular weight excluding hydrogens is 377 g/mol. The molecule has 3 rings (SSSR count). The van der Waals surface area contributed by atoms with E-state index in [0.29, 0.717) is 11.5 Å². The molecule has 29 heavy (non-hydrogen) atoms. The van der Waals surface area contributed by atoms with E-state index in [2.05, 4.69) is 27.1 Å². The Kier molecular flexibility index (Phi) is 5.33. The molecule has 8 nitrogen and oxygen atoms in total. The van der Waals surface area contributed by atoms with E-state index in [0.717, 1.165) is 12.1 Å². The normalized spacial score (nSPS) is 15.3. The molecule has 0 radical (unpaired) electrons. The number of carboxylic acids is 1. The third-order valence-electron chi connectivity index (χ3n) is 4.37. The summed E-state index contributed by atoms with van der Waals surface area (Å²) in [5.74, 6) is 2.98. The summed E-state index contributed by atoms with van der Waals surface area (Å²) in [6, 6.07) is 2.98. The van der Waals surface area contributed by atoms with E-state index in [-0.39, 0.29) is 30.6 Å². The first-order valence-electron chi connectivity index (χ1n) is 8.49. The minimum atomic E-state index is -1.36. The maximum absolute atomic E-state index is 13.9. The maximum atomic E-state index is 13.9. The van der Waals surface area contributed by atoms with E-state index in [1.165, 1.54) is 17.2 Å². The van der Waals surface area contributed by atoms with Crippen molar-refractivity contribution in [2.24, 2.45) is 0 Å². The van der Waals surface area contributed by atoms with E-state index in [9.17, 15) is 14.0 Å². The zero-order chi connectivity index (χ0) is 21.1. The molecular formula is C20H16FN5O3. The van der Waals surface area contributed by atoms with Gasteiger partial charge in [-0.15, -0.1) is 12.8 Å². The number of nitrogens with one attached hydrogen (secondary N) is 1. The van der Waals surface area contributed by atoms with Crippen LogP contribution in [0.4, 0.5) is 27.5 Å². The number of nitrogens with zero attached hydrogens (tertiary/aromatic N) is 4. The van der Waals surface area contributed by atoms with Crippen LogP contribution in [-0.4, -0.2) is 46.1 Å². The molecule has 9 heteroatoms. The summed E-state index contributed by atoms with van der Waals surface area (Å²) in [7, 11) is 0. The highest BCUT2D eigenvalue weighted by Crippen LogP contribution is 2.34. The Morgan fingerprint density at radius 3 is 2.69 bits per heavy atom. The van der Waals surface area contributed by atoms with Gasteiger partial charge in [0.15, 0.2) is 5.82 Å². The van der Waals surface area contributed by atoms with Crippen molar-refractivity contribution in [2.45, 2.75) is 13.0 Å². The lowest BCUT2D eigenvalue weighted by atomic mass is 10.1. The summed E-state index contributed by atoms with van der Waals surface area (Å²) >= 11 is 0. The van der Waals surface area contributed by atoms with Gasteiger partial charge in [-0.1, -0.05) is 11.8 Å². The van der Waals surface area contributed by atoms with E-state index in [1.807, 2.05) is 0 Å². The molecule has 1 aliphatic rings. The third-order valence-corrected chi connectivity index (χ3v) is 4.37. The van der Waals surface area contributed by atoms with Crippen molar-refractivity contribution in [3.05, 3.63) is 35.8 Å². The molecule has 2 N–H and O–H groups in total. The van der Waals surface area contributed by atoms with E-state index in [1.54, 1.807) is 11.8 Å². The Morgan fingerprint density at radius 1 is 1.34 bits per heavy atom. The van der Waals surface area contributed by atoms with Crippen molar-refractivity contribution in [1.29, 1.82) is 0 Å². The topological polar surface area (TPSA) is 98.7 Å². The van der Waals surface area contributed by atoms with Crippen molar-refractivity contribution in [1.82, 2.24) is 9.97 Å². The zero-order valence-corrected chi connectivity index (χ0v) is 15.4. The van der Waals surface area contributed by atoms with Gasteiger partial charge in [0.2, 0.25) is 11.9 Å². The molecule has 2 heterocycles. The molecule has 1 aromatic heterocycles. The van der Waals surface area contributed by atoms with Gasteiger partial charge in [0.1, 0.15) is 17.5 Å². The molecule has 146 valence electrons. The Labute approximate surface area is 166 Å². The van der Waals surface area contributed by atoms with Crippen molar-refractivity contribution < 1.29 is 19.1 Å². The molecule has 1 amide bonds. The number of aromatic nitrogens is 2. The van der Waals surface area contributed by atoms with Crippen molar-refractivity contribution in [2.75, 3.05) is 28.2 Å². The van der Waals surface area contributed by atoms with Crippen LogP contribution in [0.1, 0.15) is 17.3 Å². The molecule has 0 aliphatic carbocycles.